The van der Waals surface area contributed by atoms with Crippen LogP contribution in [0.2, 0.25) is 0 Å². The quantitative estimate of drug-likeness (QED) is 0.507. The van der Waals surface area contributed by atoms with Gasteiger partial charge in [-0.05, 0) is 56.2 Å². The third-order valence-corrected chi connectivity index (χ3v) is 4.71. The van der Waals surface area contributed by atoms with Crippen molar-refractivity contribution < 1.29 is 0 Å². The van der Waals surface area contributed by atoms with Crippen LogP contribution in [0.1, 0.15) is 28.2 Å². The van der Waals surface area contributed by atoms with Crippen LogP contribution in [0, 0.1) is 32.1 Å². The number of hydrogen-bond acceptors (Lipinski definition) is 2. The lowest BCUT2D eigenvalue weighted by Crippen LogP contribution is -1.85. The van der Waals surface area contributed by atoms with Crippen molar-refractivity contribution in [3.8, 4) is 6.07 Å². The number of nitrogens with one attached hydrogen (secondary N) is 2. The standard InChI is InChI=1S/C21H18N4/c1-12-8-19-20(9-13(12)2)25-21(24-19)15(11-22)10-17-14(3)23-18-7-5-4-6-16(17)18/h4-10,23H,1-3H3,(H,24,25)/b15-10+. The smallest absolute Gasteiger partial charge is 0.149 e. The van der Waals surface area contributed by atoms with Crippen molar-refractivity contribution in [3.63, 3.8) is 0 Å². The van der Waals surface area contributed by atoms with E-state index in [1.54, 1.807) is 0 Å². The first-order valence-corrected chi connectivity index (χ1v) is 8.23. The Bertz CT molecular complexity index is 1140. The minimum Gasteiger partial charge on any atom is -0.358 e. The number of nitrogens with zero attached hydrogens (tertiary/aromatic N) is 2. The molecule has 0 amide bonds. The highest BCUT2D eigenvalue weighted by Gasteiger charge is 2.12. The SMILES string of the molecule is Cc1cc2nc(/C(C#N)=C/c3c(C)[nH]c4ccccc34)[nH]c2cc1C. The number of nitriles is 1. The maximum Gasteiger partial charge on any atom is 0.149 e. The second-order valence-electron chi connectivity index (χ2n) is 6.42. The van der Waals surface area contributed by atoms with E-state index in [0.29, 0.717) is 11.4 Å². The van der Waals surface area contributed by atoms with Gasteiger partial charge in [0.15, 0.2) is 0 Å². The van der Waals surface area contributed by atoms with Crippen molar-refractivity contribution in [1.82, 2.24) is 15.0 Å². The Kier molecular flexibility index (Phi) is 3.43. The highest BCUT2D eigenvalue weighted by atomic mass is 14.9. The van der Waals surface area contributed by atoms with Crippen molar-refractivity contribution >= 4 is 33.6 Å². The van der Waals surface area contributed by atoms with E-state index >= 15 is 0 Å². The van der Waals surface area contributed by atoms with Crippen LogP contribution >= 0.6 is 0 Å². The Balaban J connectivity index is 1.89. The second-order valence-corrected chi connectivity index (χ2v) is 6.42. The predicted octanol–water partition coefficient (Wildman–Crippen LogP) is 5.03. The molecule has 4 aromatic rings. The molecule has 0 spiro atoms. The van der Waals surface area contributed by atoms with E-state index in [0.717, 1.165) is 33.2 Å². The van der Waals surface area contributed by atoms with E-state index in [4.69, 9.17) is 0 Å². The van der Waals surface area contributed by atoms with Gasteiger partial charge in [0, 0.05) is 22.2 Å². The number of hydrogen-bond donors (Lipinski definition) is 2. The largest absolute Gasteiger partial charge is 0.358 e. The van der Waals surface area contributed by atoms with Crippen molar-refractivity contribution in [2.24, 2.45) is 0 Å². The molecule has 2 heterocycles. The van der Waals surface area contributed by atoms with Crippen LogP contribution < -0.4 is 0 Å². The topological polar surface area (TPSA) is 68.3 Å². The fraction of sp³-hybridized carbons (Fsp3) is 0.143. The molecule has 0 fully saturated rings. The normalized spacial score (nSPS) is 12.0. The average Bonchev–Trinajstić information content (AvgIpc) is 3.13. The number of aryl methyl sites for hydroxylation is 3. The molecule has 2 aromatic heterocycles. The number of imidazole rings is 1. The number of H-pyrrole nitrogens is 2. The van der Waals surface area contributed by atoms with Gasteiger partial charge in [-0.15, -0.1) is 0 Å². The monoisotopic (exact) mass is 326 g/mol. The Morgan fingerprint density at radius 2 is 1.80 bits per heavy atom. The average molecular weight is 326 g/mol. The molecule has 0 aliphatic heterocycles. The van der Waals surface area contributed by atoms with Crippen LogP contribution in [0.5, 0.6) is 0 Å². The lowest BCUT2D eigenvalue weighted by molar-refractivity contribution is 1.27. The summed E-state index contributed by atoms with van der Waals surface area (Å²) in [5, 5.41) is 10.8. The summed E-state index contributed by atoms with van der Waals surface area (Å²) in [5.74, 6) is 0.604. The molecule has 0 bridgehead atoms. The summed E-state index contributed by atoms with van der Waals surface area (Å²) in [5.41, 5.74) is 7.90. The van der Waals surface area contributed by atoms with Crippen LogP contribution in [0.25, 0.3) is 33.6 Å². The number of para-hydroxylation sites is 1. The number of rotatable bonds is 2. The first-order valence-electron chi connectivity index (χ1n) is 8.23. The molecule has 4 heteroatoms. The van der Waals surface area contributed by atoms with Gasteiger partial charge in [-0.2, -0.15) is 5.26 Å². The van der Waals surface area contributed by atoms with E-state index in [1.807, 2.05) is 31.2 Å². The number of fused-ring (bicyclic) bond motifs is 2. The van der Waals surface area contributed by atoms with Gasteiger partial charge >= 0.3 is 0 Å². The maximum absolute atomic E-state index is 9.69. The molecule has 25 heavy (non-hydrogen) atoms. The van der Waals surface area contributed by atoms with Crippen molar-refractivity contribution in [2.45, 2.75) is 20.8 Å². The van der Waals surface area contributed by atoms with Gasteiger partial charge < -0.3 is 9.97 Å². The predicted molar refractivity (Wildman–Crippen MR) is 102 cm³/mol. The summed E-state index contributed by atoms with van der Waals surface area (Å²) in [7, 11) is 0. The lowest BCUT2D eigenvalue weighted by Gasteiger charge is -1.97. The molecule has 4 nitrogen and oxygen atoms in total. The third kappa shape index (κ3) is 2.50. The van der Waals surface area contributed by atoms with Gasteiger partial charge in [0.1, 0.15) is 11.9 Å². The molecule has 2 N–H and O–H groups in total. The van der Waals surface area contributed by atoms with Crippen LogP contribution in [0.3, 0.4) is 0 Å². The van der Waals surface area contributed by atoms with E-state index in [9.17, 15) is 5.26 Å². The number of aromatic nitrogens is 3. The first-order chi connectivity index (χ1) is 12.1. The number of allylic oxidation sites excluding steroid dienone is 1. The van der Waals surface area contributed by atoms with E-state index in [2.05, 4.69) is 53.1 Å². The zero-order chi connectivity index (χ0) is 17.6. The van der Waals surface area contributed by atoms with Gasteiger partial charge in [0.2, 0.25) is 0 Å². The van der Waals surface area contributed by atoms with Gasteiger partial charge in [-0.25, -0.2) is 4.98 Å². The molecule has 0 atom stereocenters. The van der Waals surface area contributed by atoms with Crippen LogP contribution in [0.15, 0.2) is 36.4 Å². The summed E-state index contributed by atoms with van der Waals surface area (Å²) in [6, 6.07) is 14.5. The van der Waals surface area contributed by atoms with Gasteiger partial charge in [0.05, 0.1) is 16.6 Å². The van der Waals surface area contributed by atoms with Gasteiger partial charge in [-0.1, -0.05) is 18.2 Å². The highest BCUT2D eigenvalue weighted by molar-refractivity contribution is 5.98. The van der Waals surface area contributed by atoms with E-state index in [-0.39, 0.29) is 0 Å². The molecule has 0 saturated carbocycles. The maximum atomic E-state index is 9.69. The molecule has 0 radical (unpaired) electrons. The molecule has 2 aromatic carbocycles. The van der Waals surface area contributed by atoms with E-state index in [1.165, 1.54) is 11.1 Å². The van der Waals surface area contributed by atoms with Crippen LogP contribution in [0.4, 0.5) is 0 Å². The van der Waals surface area contributed by atoms with Crippen molar-refractivity contribution in [1.29, 1.82) is 5.26 Å². The summed E-state index contributed by atoms with van der Waals surface area (Å²) >= 11 is 0. The van der Waals surface area contributed by atoms with Crippen LogP contribution in [-0.4, -0.2) is 15.0 Å². The molecule has 0 aliphatic rings. The molecular weight excluding hydrogens is 308 g/mol. The zero-order valence-electron chi connectivity index (χ0n) is 14.4. The summed E-state index contributed by atoms with van der Waals surface area (Å²) in [6.45, 7) is 6.16. The van der Waals surface area contributed by atoms with Gasteiger partial charge in [-0.3, -0.25) is 0 Å². The summed E-state index contributed by atoms with van der Waals surface area (Å²) in [6.07, 6.45) is 1.91. The molecule has 0 unspecified atom stereocenters. The summed E-state index contributed by atoms with van der Waals surface area (Å²) < 4.78 is 0. The van der Waals surface area contributed by atoms with Crippen molar-refractivity contribution in [2.75, 3.05) is 0 Å². The summed E-state index contributed by atoms with van der Waals surface area (Å²) in [4.78, 5) is 11.3. The molecule has 0 saturated heterocycles. The third-order valence-electron chi connectivity index (χ3n) is 4.71. The number of benzene rings is 2. The minimum absolute atomic E-state index is 0.527. The minimum atomic E-state index is 0.527. The molecule has 4 rings (SSSR count). The Morgan fingerprint density at radius 1 is 1.04 bits per heavy atom. The Labute approximate surface area is 145 Å². The zero-order valence-corrected chi connectivity index (χ0v) is 14.4. The second kappa shape index (κ2) is 5.64. The van der Waals surface area contributed by atoms with Gasteiger partial charge in [0.25, 0.3) is 0 Å². The fourth-order valence-corrected chi connectivity index (χ4v) is 3.18. The fourth-order valence-electron chi connectivity index (χ4n) is 3.18. The van der Waals surface area contributed by atoms with E-state index < -0.39 is 0 Å². The molecule has 0 aliphatic carbocycles. The molecule has 122 valence electrons. The lowest BCUT2D eigenvalue weighted by atomic mass is 10.1. The number of aromatic amines is 2. The molecular formula is C21H18N4. The Hall–Kier alpha value is -3.32. The highest BCUT2D eigenvalue weighted by Crippen LogP contribution is 2.27. The van der Waals surface area contributed by atoms with Crippen molar-refractivity contribution in [3.05, 3.63) is 64.6 Å². The van der Waals surface area contributed by atoms with Crippen LogP contribution in [-0.2, 0) is 0 Å². The Morgan fingerprint density at radius 3 is 2.60 bits per heavy atom. The first kappa shape index (κ1) is 15.2.